The van der Waals surface area contributed by atoms with Crippen molar-refractivity contribution in [2.24, 2.45) is 0 Å². The second-order valence-corrected chi connectivity index (χ2v) is 7.10. The number of fused-ring (bicyclic) bond motifs is 1. The van der Waals surface area contributed by atoms with Crippen LogP contribution in [0.5, 0.6) is 0 Å². The van der Waals surface area contributed by atoms with Gasteiger partial charge < -0.3 is 10.0 Å². The molecule has 5 heteroatoms. The molecule has 0 atom stereocenters. The van der Waals surface area contributed by atoms with Crippen molar-refractivity contribution in [3.63, 3.8) is 0 Å². The topological polar surface area (TPSA) is 56.7 Å². The van der Waals surface area contributed by atoms with E-state index in [4.69, 9.17) is 4.98 Å². The number of carbonyl (C=O) groups is 1. The molecule has 1 saturated carbocycles. The van der Waals surface area contributed by atoms with E-state index in [0.29, 0.717) is 25.9 Å². The van der Waals surface area contributed by atoms with Crippen molar-refractivity contribution in [1.29, 1.82) is 0 Å². The molecule has 2 heterocycles. The van der Waals surface area contributed by atoms with Gasteiger partial charge in [-0.1, -0.05) is 17.7 Å². The summed E-state index contributed by atoms with van der Waals surface area (Å²) in [6.45, 7) is 5.93. The van der Waals surface area contributed by atoms with Gasteiger partial charge in [0.1, 0.15) is 5.60 Å². The Morgan fingerprint density at radius 1 is 1.17 bits per heavy atom. The molecule has 4 rings (SSSR count). The summed E-state index contributed by atoms with van der Waals surface area (Å²) in [5.74, 6) is -0.0821. The Morgan fingerprint density at radius 3 is 2.62 bits per heavy atom. The first-order chi connectivity index (χ1) is 11.5. The van der Waals surface area contributed by atoms with Crippen LogP contribution in [-0.4, -0.2) is 57.6 Å². The first kappa shape index (κ1) is 15.5. The zero-order chi connectivity index (χ0) is 16.7. The third-order valence-electron chi connectivity index (χ3n) is 5.07. The SMILES string of the molecule is Cc1ccc2nc(CN3CCN(C(=O)C4(O)CC4)CC3)ccc2c1. The molecule has 1 aromatic carbocycles. The number of aliphatic hydroxyl groups is 1. The Labute approximate surface area is 141 Å². The molecule has 0 bridgehead atoms. The fraction of sp³-hybridized carbons (Fsp3) is 0.474. The summed E-state index contributed by atoms with van der Waals surface area (Å²) in [5, 5.41) is 11.1. The molecule has 5 nitrogen and oxygen atoms in total. The van der Waals surface area contributed by atoms with E-state index >= 15 is 0 Å². The number of carbonyl (C=O) groups excluding carboxylic acids is 1. The van der Waals surface area contributed by atoms with Crippen molar-refractivity contribution in [2.75, 3.05) is 26.2 Å². The Bertz CT molecular complexity index is 777. The van der Waals surface area contributed by atoms with E-state index in [1.54, 1.807) is 4.90 Å². The summed E-state index contributed by atoms with van der Waals surface area (Å²) in [5.41, 5.74) is 2.30. The average molecular weight is 325 g/mol. The molecule has 1 N–H and O–H groups in total. The summed E-state index contributed by atoms with van der Waals surface area (Å²) < 4.78 is 0. The van der Waals surface area contributed by atoms with Crippen LogP contribution in [-0.2, 0) is 11.3 Å². The number of piperazine rings is 1. The number of aryl methyl sites for hydroxylation is 1. The first-order valence-electron chi connectivity index (χ1n) is 8.64. The molecule has 0 spiro atoms. The fourth-order valence-corrected chi connectivity index (χ4v) is 3.34. The monoisotopic (exact) mass is 325 g/mol. The van der Waals surface area contributed by atoms with Gasteiger partial charge in [0.15, 0.2) is 0 Å². The minimum absolute atomic E-state index is 0.0821. The van der Waals surface area contributed by atoms with Crippen LogP contribution in [0.1, 0.15) is 24.1 Å². The number of aromatic nitrogens is 1. The molecule has 1 amide bonds. The molecule has 24 heavy (non-hydrogen) atoms. The van der Waals surface area contributed by atoms with Gasteiger partial charge in [-0.05, 0) is 38.0 Å². The molecule has 0 unspecified atom stereocenters. The lowest BCUT2D eigenvalue weighted by atomic mass is 10.1. The number of hydrogen-bond acceptors (Lipinski definition) is 4. The molecule has 126 valence electrons. The second-order valence-electron chi connectivity index (χ2n) is 7.10. The molecule has 1 aliphatic carbocycles. The molecule has 2 aromatic rings. The molecule has 2 fully saturated rings. The lowest BCUT2D eigenvalue weighted by Crippen LogP contribution is -2.51. The predicted octanol–water partition coefficient (Wildman–Crippen LogP) is 1.71. The lowest BCUT2D eigenvalue weighted by Gasteiger charge is -2.35. The zero-order valence-electron chi connectivity index (χ0n) is 14.0. The Morgan fingerprint density at radius 2 is 1.92 bits per heavy atom. The number of nitrogens with zero attached hydrogens (tertiary/aromatic N) is 3. The molecule has 0 radical (unpaired) electrons. The van der Waals surface area contributed by atoms with Crippen LogP contribution in [0, 0.1) is 6.92 Å². The smallest absolute Gasteiger partial charge is 0.254 e. The van der Waals surface area contributed by atoms with Gasteiger partial charge in [-0.2, -0.15) is 0 Å². The number of amides is 1. The average Bonchev–Trinajstić information content (AvgIpc) is 3.34. The number of benzene rings is 1. The predicted molar refractivity (Wildman–Crippen MR) is 92.5 cm³/mol. The summed E-state index contributed by atoms with van der Waals surface area (Å²) in [6.07, 6.45) is 1.24. The van der Waals surface area contributed by atoms with Crippen LogP contribution < -0.4 is 0 Å². The summed E-state index contributed by atoms with van der Waals surface area (Å²) in [7, 11) is 0. The quantitative estimate of drug-likeness (QED) is 0.933. The molecular formula is C19H23N3O2. The van der Waals surface area contributed by atoms with E-state index in [9.17, 15) is 9.90 Å². The van der Waals surface area contributed by atoms with E-state index in [-0.39, 0.29) is 5.91 Å². The second kappa shape index (κ2) is 5.83. The van der Waals surface area contributed by atoms with E-state index in [1.165, 1.54) is 10.9 Å². The van der Waals surface area contributed by atoms with Gasteiger partial charge in [-0.25, -0.2) is 0 Å². The summed E-state index contributed by atoms with van der Waals surface area (Å²) >= 11 is 0. The minimum Gasteiger partial charge on any atom is -0.380 e. The molecule has 1 saturated heterocycles. The van der Waals surface area contributed by atoms with E-state index in [0.717, 1.165) is 30.8 Å². The third kappa shape index (κ3) is 3.01. The van der Waals surface area contributed by atoms with E-state index in [1.807, 2.05) is 0 Å². The van der Waals surface area contributed by atoms with Crippen LogP contribution in [0.3, 0.4) is 0 Å². The Balaban J connectivity index is 1.38. The van der Waals surface area contributed by atoms with Gasteiger partial charge in [0.2, 0.25) is 0 Å². The maximum Gasteiger partial charge on any atom is 0.254 e. The van der Waals surface area contributed by atoms with Gasteiger partial charge in [-0.15, -0.1) is 0 Å². The number of rotatable bonds is 3. The highest BCUT2D eigenvalue weighted by Crippen LogP contribution is 2.37. The van der Waals surface area contributed by atoms with Gasteiger partial charge in [0, 0.05) is 38.1 Å². The first-order valence-corrected chi connectivity index (χ1v) is 8.64. The standard InChI is InChI=1S/C19H23N3O2/c1-14-2-5-17-15(12-14)3-4-16(20-17)13-21-8-10-22(11-9-21)18(23)19(24)6-7-19/h2-5,12,24H,6-11,13H2,1H3. The van der Waals surface area contributed by atoms with Crippen LogP contribution in [0.15, 0.2) is 30.3 Å². The summed E-state index contributed by atoms with van der Waals surface area (Å²) in [4.78, 5) is 21.0. The molecule has 1 aromatic heterocycles. The van der Waals surface area contributed by atoms with E-state index < -0.39 is 5.60 Å². The maximum absolute atomic E-state index is 12.2. The fourth-order valence-electron chi connectivity index (χ4n) is 3.34. The lowest BCUT2D eigenvalue weighted by molar-refractivity contribution is -0.144. The van der Waals surface area contributed by atoms with Crippen LogP contribution in [0.25, 0.3) is 10.9 Å². The molecule has 1 aliphatic heterocycles. The Kier molecular flexibility index (Phi) is 3.77. The number of hydrogen-bond donors (Lipinski definition) is 1. The van der Waals surface area contributed by atoms with E-state index in [2.05, 4.69) is 42.2 Å². The van der Waals surface area contributed by atoms with Crippen molar-refractivity contribution < 1.29 is 9.90 Å². The van der Waals surface area contributed by atoms with Crippen molar-refractivity contribution in [1.82, 2.24) is 14.8 Å². The van der Waals surface area contributed by atoms with Crippen molar-refractivity contribution in [2.45, 2.75) is 31.9 Å². The third-order valence-corrected chi connectivity index (χ3v) is 5.07. The van der Waals surface area contributed by atoms with Crippen molar-refractivity contribution >= 4 is 16.8 Å². The Hall–Kier alpha value is -1.98. The molecule has 2 aliphatic rings. The highest BCUT2D eigenvalue weighted by Gasteiger charge is 2.50. The van der Waals surface area contributed by atoms with Gasteiger partial charge in [-0.3, -0.25) is 14.7 Å². The van der Waals surface area contributed by atoms with Gasteiger partial charge >= 0.3 is 0 Å². The van der Waals surface area contributed by atoms with Crippen LogP contribution >= 0.6 is 0 Å². The normalized spacial score (nSPS) is 20.3. The highest BCUT2D eigenvalue weighted by molar-refractivity contribution is 5.87. The number of pyridine rings is 1. The minimum atomic E-state index is -1.04. The van der Waals surface area contributed by atoms with Gasteiger partial charge in [0.25, 0.3) is 5.91 Å². The van der Waals surface area contributed by atoms with Crippen LogP contribution in [0.4, 0.5) is 0 Å². The molecular weight excluding hydrogens is 302 g/mol. The van der Waals surface area contributed by atoms with Crippen molar-refractivity contribution in [3.05, 3.63) is 41.6 Å². The van der Waals surface area contributed by atoms with Crippen molar-refractivity contribution in [3.8, 4) is 0 Å². The highest BCUT2D eigenvalue weighted by atomic mass is 16.3. The maximum atomic E-state index is 12.2. The van der Waals surface area contributed by atoms with Gasteiger partial charge in [0.05, 0.1) is 11.2 Å². The largest absolute Gasteiger partial charge is 0.380 e. The van der Waals surface area contributed by atoms with Crippen LogP contribution in [0.2, 0.25) is 0 Å². The summed E-state index contributed by atoms with van der Waals surface area (Å²) in [6, 6.07) is 10.5. The zero-order valence-corrected chi connectivity index (χ0v) is 14.0.